The zero-order chi connectivity index (χ0) is 27.9. The van der Waals surface area contributed by atoms with Gasteiger partial charge in [0.15, 0.2) is 0 Å². The van der Waals surface area contributed by atoms with Gasteiger partial charge >= 0.3 is 0 Å². The average molecular weight is 520 g/mol. The van der Waals surface area contributed by atoms with Crippen molar-refractivity contribution in [3.05, 3.63) is 94.9 Å². The summed E-state index contributed by atoms with van der Waals surface area (Å²) in [4.78, 5) is 20.5. The summed E-state index contributed by atoms with van der Waals surface area (Å²) in [7, 11) is 1.95. The molecule has 0 saturated carbocycles. The van der Waals surface area contributed by atoms with E-state index in [0.717, 1.165) is 52.7 Å². The van der Waals surface area contributed by atoms with Crippen molar-refractivity contribution < 1.29 is 9.53 Å². The Labute approximate surface area is 229 Å². The molecule has 0 spiro atoms. The largest absolute Gasteiger partial charge is 0.441 e. The number of aromatic nitrogens is 3. The van der Waals surface area contributed by atoms with Crippen molar-refractivity contribution in [1.29, 1.82) is 5.26 Å². The summed E-state index contributed by atoms with van der Waals surface area (Å²) in [6.07, 6.45) is 6.80. The average Bonchev–Trinajstić information content (AvgIpc) is 3.28. The molecule has 4 aromatic rings. The molecule has 0 radical (unpaired) electrons. The van der Waals surface area contributed by atoms with Crippen molar-refractivity contribution in [1.82, 2.24) is 14.5 Å². The van der Waals surface area contributed by atoms with Crippen LogP contribution in [-0.4, -0.2) is 20.8 Å². The number of allylic oxidation sites excluding steroid dienone is 4. The zero-order valence-electron chi connectivity index (χ0n) is 23.0. The number of rotatable bonds is 6. The molecule has 2 aromatic heterocycles. The summed E-state index contributed by atoms with van der Waals surface area (Å²) in [5.74, 6) is 1.97. The fourth-order valence-corrected chi connectivity index (χ4v) is 4.62. The summed E-state index contributed by atoms with van der Waals surface area (Å²) in [5.41, 5.74) is 7.00. The number of nitrogens with zero attached hydrogens (tertiary/aromatic N) is 4. The fraction of sp³-hybridized carbons (Fsp3) is 0.250. The molecule has 2 aromatic carbocycles. The number of fused-ring (bicyclic) bond motifs is 1. The Kier molecular flexibility index (Phi) is 8.57. The van der Waals surface area contributed by atoms with Gasteiger partial charge in [-0.05, 0) is 66.8 Å². The van der Waals surface area contributed by atoms with Crippen LogP contribution in [0, 0.1) is 17.2 Å². The molecule has 0 fully saturated rings. The first-order valence-electron chi connectivity index (χ1n) is 13.2. The highest BCUT2D eigenvalue weighted by molar-refractivity contribution is 5.83. The van der Waals surface area contributed by atoms with E-state index in [-0.39, 0.29) is 5.92 Å². The lowest BCUT2D eigenvalue weighted by atomic mass is 9.97. The van der Waals surface area contributed by atoms with E-state index < -0.39 is 0 Å². The third-order valence-electron chi connectivity index (χ3n) is 6.66. The predicted molar refractivity (Wildman–Crippen MR) is 156 cm³/mol. The van der Waals surface area contributed by atoms with E-state index in [9.17, 15) is 4.79 Å². The van der Waals surface area contributed by atoms with Gasteiger partial charge < -0.3 is 14.6 Å². The third kappa shape index (κ3) is 6.07. The van der Waals surface area contributed by atoms with Crippen molar-refractivity contribution in [2.24, 2.45) is 13.0 Å². The Hall–Kier alpha value is -4.70. The molecule has 2 heterocycles. The minimum atomic E-state index is 0.184. The molecule has 7 nitrogen and oxygen atoms in total. The van der Waals surface area contributed by atoms with Gasteiger partial charge in [0, 0.05) is 30.4 Å². The summed E-state index contributed by atoms with van der Waals surface area (Å²) in [6, 6.07) is 18.9. The van der Waals surface area contributed by atoms with Crippen LogP contribution >= 0.6 is 0 Å². The van der Waals surface area contributed by atoms with Crippen molar-refractivity contribution in [3.63, 3.8) is 0 Å². The lowest BCUT2D eigenvalue weighted by Gasteiger charge is -2.18. The van der Waals surface area contributed by atoms with Crippen LogP contribution < -0.4 is 10.1 Å². The Balaban J connectivity index is 0.00000172. The molecule has 1 aliphatic carbocycles. The summed E-state index contributed by atoms with van der Waals surface area (Å²) in [6.45, 7) is 8.24. The maximum Gasteiger partial charge on any atom is 0.248 e. The van der Waals surface area contributed by atoms with Gasteiger partial charge in [-0.15, -0.1) is 0 Å². The summed E-state index contributed by atoms with van der Waals surface area (Å²) >= 11 is 0. The van der Waals surface area contributed by atoms with E-state index in [1.54, 1.807) is 12.1 Å². The quantitative estimate of drug-likeness (QED) is 0.264. The molecule has 5 rings (SSSR count). The van der Waals surface area contributed by atoms with E-state index in [1.165, 1.54) is 5.57 Å². The fourth-order valence-electron chi connectivity index (χ4n) is 4.62. The second-order valence-electron chi connectivity index (χ2n) is 9.33. The molecule has 0 bridgehead atoms. The molecular weight excluding hydrogens is 486 g/mol. The smallest absolute Gasteiger partial charge is 0.248 e. The minimum absolute atomic E-state index is 0.184. The second kappa shape index (κ2) is 12.2. The number of nitriles is 1. The molecule has 1 atom stereocenters. The highest BCUT2D eigenvalue weighted by Crippen LogP contribution is 2.35. The first-order valence-corrected chi connectivity index (χ1v) is 13.2. The molecular formula is C32H33N5O2. The van der Waals surface area contributed by atoms with Gasteiger partial charge in [0.1, 0.15) is 17.6 Å². The van der Waals surface area contributed by atoms with Gasteiger partial charge in [0.05, 0.1) is 17.1 Å². The number of aldehydes is 1. The van der Waals surface area contributed by atoms with Gasteiger partial charge in [-0.3, -0.25) is 4.79 Å². The normalized spacial score (nSPS) is 15.0. The third-order valence-corrected chi connectivity index (χ3v) is 6.66. The van der Waals surface area contributed by atoms with E-state index in [0.29, 0.717) is 23.0 Å². The van der Waals surface area contributed by atoms with Crippen LogP contribution in [0.2, 0.25) is 0 Å². The molecule has 39 heavy (non-hydrogen) atoms. The van der Waals surface area contributed by atoms with Gasteiger partial charge in [-0.2, -0.15) is 10.2 Å². The zero-order valence-corrected chi connectivity index (χ0v) is 23.0. The number of anilines is 2. The molecule has 0 saturated heterocycles. The molecule has 0 aliphatic heterocycles. The maximum atomic E-state index is 11.0. The molecule has 198 valence electrons. The topological polar surface area (TPSA) is 92.8 Å². The Morgan fingerprint density at radius 2 is 1.79 bits per heavy atom. The number of carbonyl (C=O) groups excluding carboxylic acids is 1. The first kappa shape index (κ1) is 27.3. The number of nitrogens with one attached hydrogen (secondary N) is 1. The van der Waals surface area contributed by atoms with Crippen molar-refractivity contribution in [3.8, 4) is 11.9 Å². The van der Waals surface area contributed by atoms with Crippen molar-refractivity contribution >= 4 is 34.5 Å². The van der Waals surface area contributed by atoms with Crippen LogP contribution in [0.1, 0.15) is 62.0 Å². The van der Waals surface area contributed by atoms with Crippen LogP contribution in [0.3, 0.4) is 0 Å². The Morgan fingerprint density at radius 1 is 1.08 bits per heavy atom. The second-order valence-corrected chi connectivity index (χ2v) is 9.33. The number of ether oxygens (including phenoxy) is 1. The number of benzene rings is 2. The highest BCUT2D eigenvalue weighted by Gasteiger charge is 2.22. The van der Waals surface area contributed by atoms with Crippen molar-refractivity contribution in [2.45, 2.75) is 40.5 Å². The van der Waals surface area contributed by atoms with Crippen LogP contribution in [-0.2, 0) is 7.05 Å². The van der Waals surface area contributed by atoms with Crippen LogP contribution in [0.4, 0.5) is 11.6 Å². The van der Waals surface area contributed by atoms with Gasteiger partial charge in [0.2, 0.25) is 11.8 Å². The van der Waals surface area contributed by atoms with E-state index in [1.807, 2.05) is 74.1 Å². The molecule has 0 amide bonds. The summed E-state index contributed by atoms with van der Waals surface area (Å²) in [5, 5.41) is 12.3. The van der Waals surface area contributed by atoms with Crippen LogP contribution in [0.25, 0.3) is 16.6 Å². The van der Waals surface area contributed by atoms with Gasteiger partial charge in [-0.25, -0.2) is 4.98 Å². The summed E-state index contributed by atoms with van der Waals surface area (Å²) < 4.78 is 8.54. The molecule has 1 unspecified atom stereocenters. The lowest BCUT2D eigenvalue weighted by Crippen LogP contribution is -2.10. The van der Waals surface area contributed by atoms with Crippen LogP contribution in [0.5, 0.6) is 5.88 Å². The SMILES string of the molecule is CC.CC1=C(Oc2nc(Nc3ccc(C#N)cc3)nc3ccn(C)c23)C(C)CCC(c2ccc(C=O)cc2)=C1. The lowest BCUT2D eigenvalue weighted by molar-refractivity contribution is 0.112. The standard InChI is InChI=1S/C30H27N5O2.C2H6/c1-19-4-9-24(23-10-5-22(18-36)6-11-23)16-20(2)28(19)37-29-27-26(14-15-35(27)3)33-30(34-29)32-25-12-7-21(17-31)8-13-25;1-2/h5-8,10-16,18-19H,4,9H2,1-3H3,(H,32,33,34);1-2H3. The number of aryl methyl sites for hydroxylation is 1. The van der Waals surface area contributed by atoms with Crippen LogP contribution in [0.15, 0.2) is 78.2 Å². The molecule has 1 N–H and O–H groups in total. The van der Waals surface area contributed by atoms with E-state index >= 15 is 0 Å². The highest BCUT2D eigenvalue weighted by atomic mass is 16.5. The maximum absolute atomic E-state index is 11.0. The predicted octanol–water partition coefficient (Wildman–Crippen LogP) is 7.59. The number of hydrogen-bond donors (Lipinski definition) is 1. The first-order chi connectivity index (χ1) is 18.9. The number of hydrogen-bond acceptors (Lipinski definition) is 6. The molecule has 7 heteroatoms. The minimum Gasteiger partial charge on any atom is -0.441 e. The monoisotopic (exact) mass is 519 g/mol. The Morgan fingerprint density at radius 3 is 2.46 bits per heavy atom. The number of carbonyl (C=O) groups is 1. The Bertz CT molecular complexity index is 1570. The van der Waals surface area contributed by atoms with Gasteiger partial charge in [0.25, 0.3) is 0 Å². The molecule has 1 aliphatic rings. The van der Waals surface area contributed by atoms with E-state index in [2.05, 4.69) is 36.3 Å². The van der Waals surface area contributed by atoms with Gasteiger partial charge in [-0.1, -0.05) is 51.1 Å². The van der Waals surface area contributed by atoms with E-state index in [4.69, 9.17) is 15.0 Å². The van der Waals surface area contributed by atoms with Crippen molar-refractivity contribution in [2.75, 3.05) is 5.32 Å².